The molecule has 0 aliphatic heterocycles. The smallest absolute Gasteiger partial charge is 0.310 e. The van der Waals surface area contributed by atoms with Gasteiger partial charge in [0.2, 0.25) is 0 Å². The van der Waals surface area contributed by atoms with E-state index < -0.39 is 17.7 Å². The first-order valence-corrected chi connectivity index (χ1v) is 4.50. The molecule has 1 aromatic rings. The Morgan fingerprint density at radius 3 is 2.64 bits per heavy atom. The van der Waals surface area contributed by atoms with E-state index in [4.69, 9.17) is 16.7 Å². The molecule has 0 saturated heterocycles. The molecule has 0 saturated carbocycles. The van der Waals surface area contributed by atoms with E-state index in [0.29, 0.717) is 5.56 Å². The van der Waals surface area contributed by atoms with Crippen molar-refractivity contribution in [2.24, 2.45) is 0 Å². The third-order valence-corrected chi connectivity index (χ3v) is 2.62. The molecule has 1 N–H and O–H groups in total. The van der Waals surface area contributed by atoms with Crippen molar-refractivity contribution < 1.29 is 14.3 Å². The van der Waals surface area contributed by atoms with Crippen LogP contribution in [-0.2, 0) is 4.79 Å². The number of carboxylic acid groups (broad SMARTS) is 1. The van der Waals surface area contributed by atoms with Crippen LogP contribution in [0.25, 0.3) is 0 Å². The highest BCUT2D eigenvalue weighted by atomic mass is 35.5. The van der Waals surface area contributed by atoms with Crippen LogP contribution >= 0.6 is 11.6 Å². The Balaban J connectivity index is 3.32. The summed E-state index contributed by atoms with van der Waals surface area (Å²) in [6.07, 6.45) is 0. The molecule has 0 amide bonds. The van der Waals surface area contributed by atoms with Gasteiger partial charge in [0.05, 0.1) is 10.9 Å². The highest BCUT2D eigenvalue weighted by molar-refractivity contribution is 6.32. The number of rotatable bonds is 2. The Hall–Kier alpha value is -1.09. The van der Waals surface area contributed by atoms with E-state index in [1.807, 2.05) is 0 Å². The minimum atomic E-state index is -1.09. The number of aryl methyl sites for hydroxylation is 1. The number of aliphatic carboxylic acids is 1. The van der Waals surface area contributed by atoms with Gasteiger partial charge in [0.1, 0.15) is 5.82 Å². The molecule has 0 bridgehead atoms. The average Bonchev–Trinajstić information content (AvgIpc) is 2.12. The predicted octanol–water partition coefficient (Wildman–Crippen LogP) is 2.98. The first kappa shape index (κ1) is 11.0. The van der Waals surface area contributed by atoms with Crippen LogP contribution in [0.15, 0.2) is 12.1 Å². The van der Waals surface area contributed by atoms with E-state index in [-0.39, 0.29) is 10.6 Å². The molecule has 0 spiro atoms. The van der Waals surface area contributed by atoms with Crippen molar-refractivity contribution in [3.8, 4) is 0 Å². The van der Waals surface area contributed by atoms with Gasteiger partial charge < -0.3 is 5.11 Å². The molecule has 1 rings (SSSR count). The van der Waals surface area contributed by atoms with Gasteiger partial charge in [-0.3, -0.25) is 4.79 Å². The first-order chi connectivity index (χ1) is 6.45. The standard InChI is InChI=1S/C10H10ClFO2/c1-5-3-4-7(12)8(9(5)11)6(2)10(13)14/h3-4,6H,1-2H3,(H,13,14). The van der Waals surface area contributed by atoms with Crippen molar-refractivity contribution >= 4 is 17.6 Å². The average molecular weight is 217 g/mol. The van der Waals surface area contributed by atoms with E-state index in [2.05, 4.69) is 0 Å². The van der Waals surface area contributed by atoms with Gasteiger partial charge in [0.25, 0.3) is 0 Å². The van der Waals surface area contributed by atoms with Crippen LogP contribution in [0.1, 0.15) is 24.0 Å². The Kier molecular flexibility index (Phi) is 3.11. The summed E-state index contributed by atoms with van der Waals surface area (Å²) in [5.74, 6) is -2.59. The van der Waals surface area contributed by atoms with Crippen molar-refractivity contribution in [1.82, 2.24) is 0 Å². The second-order valence-electron chi connectivity index (χ2n) is 3.15. The summed E-state index contributed by atoms with van der Waals surface area (Å²) in [4.78, 5) is 10.7. The molecule has 0 aliphatic carbocycles. The van der Waals surface area contributed by atoms with Gasteiger partial charge in [-0.05, 0) is 25.5 Å². The van der Waals surface area contributed by atoms with Gasteiger partial charge in [-0.1, -0.05) is 17.7 Å². The van der Waals surface area contributed by atoms with Crippen molar-refractivity contribution in [3.05, 3.63) is 34.1 Å². The fourth-order valence-corrected chi connectivity index (χ4v) is 1.52. The highest BCUT2D eigenvalue weighted by Gasteiger charge is 2.21. The number of carboxylic acids is 1. The minimum Gasteiger partial charge on any atom is -0.481 e. The summed E-state index contributed by atoms with van der Waals surface area (Å²) in [7, 11) is 0. The predicted molar refractivity (Wildman–Crippen MR) is 52.2 cm³/mol. The van der Waals surface area contributed by atoms with Crippen LogP contribution in [0.4, 0.5) is 4.39 Å². The fourth-order valence-electron chi connectivity index (χ4n) is 1.20. The van der Waals surface area contributed by atoms with Crippen LogP contribution < -0.4 is 0 Å². The topological polar surface area (TPSA) is 37.3 Å². The first-order valence-electron chi connectivity index (χ1n) is 4.12. The summed E-state index contributed by atoms with van der Waals surface area (Å²) >= 11 is 5.83. The van der Waals surface area contributed by atoms with Crippen molar-refractivity contribution in [2.45, 2.75) is 19.8 Å². The number of carbonyl (C=O) groups is 1. The van der Waals surface area contributed by atoms with Crippen molar-refractivity contribution in [2.75, 3.05) is 0 Å². The molecule has 76 valence electrons. The number of halogens is 2. The Labute approximate surface area is 86.3 Å². The molecule has 1 aromatic carbocycles. The molecule has 1 unspecified atom stereocenters. The lowest BCUT2D eigenvalue weighted by molar-refractivity contribution is -0.138. The van der Waals surface area contributed by atoms with Gasteiger partial charge in [-0.2, -0.15) is 0 Å². The molecule has 0 aromatic heterocycles. The Morgan fingerprint density at radius 2 is 2.14 bits per heavy atom. The maximum Gasteiger partial charge on any atom is 0.310 e. The van der Waals surface area contributed by atoms with Crippen LogP contribution in [0, 0.1) is 12.7 Å². The molecule has 4 heteroatoms. The molecule has 0 heterocycles. The zero-order valence-electron chi connectivity index (χ0n) is 7.84. The normalized spacial score (nSPS) is 12.6. The number of benzene rings is 1. The molecule has 0 fully saturated rings. The number of hydrogen-bond acceptors (Lipinski definition) is 1. The second-order valence-corrected chi connectivity index (χ2v) is 3.53. The van der Waals surface area contributed by atoms with Crippen LogP contribution in [0.5, 0.6) is 0 Å². The Bertz CT molecular complexity index is 377. The molecule has 0 radical (unpaired) electrons. The monoisotopic (exact) mass is 216 g/mol. The van der Waals surface area contributed by atoms with Crippen LogP contribution in [0.3, 0.4) is 0 Å². The molecule has 2 nitrogen and oxygen atoms in total. The largest absolute Gasteiger partial charge is 0.481 e. The third-order valence-electron chi connectivity index (χ3n) is 2.12. The molecule has 0 aliphatic rings. The zero-order chi connectivity index (χ0) is 10.9. The van der Waals surface area contributed by atoms with Gasteiger partial charge >= 0.3 is 5.97 Å². The van der Waals surface area contributed by atoms with Gasteiger partial charge in [0.15, 0.2) is 0 Å². The van der Waals surface area contributed by atoms with E-state index in [9.17, 15) is 9.18 Å². The SMILES string of the molecule is Cc1ccc(F)c(C(C)C(=O)O)c1Cl. The van der Waals surface area contributed by atoms with E-state index >= 15 is 0 Å². The van der Waals surface area contributed by atoms with Gasteiger partial charge in [-0.25, -0.2) is 4.39 Å². The zero-order valence-corrected chi connectivity index (χ0v) is 8.60. The third kappa shape index (κ3) is 1.87. The van der Waals surface area contributed by atoms with E-state index in [1.165, 1.54) is 19.1 Å². The molecule has 14 heavy (non-hydrogen) atoms. The van der Waals surface area contributed by atoms with Crippen molar-refractivity contribution in [1.29, 1.82) is 0 Å². The summed E-state index contributed by atoms with van der Waals surface area (Å²) < 4.78 is 13.3. The molecular formula is C10H10ClFO2. The van der Waals surface area contributed by atoms with Gasteiger partial charge in [-0.15, -0.1) is 0 Å². The second kappa shape index (κ2) is 3.96. The Morgan fingerprint density at radius 1 is 1.57 bits per heavy atom. The molecular weight excluding hydrogens is 207 g/mol. The highest BCUT2D eigenvalue weighted by Crippen LogP contribution is 2.30. The summed E-state index contributed by atoms with van der Waals surface area (Å²) in [6.45, 7) is 3.12. The fraction of sp³-hybridized carbons (Fsp3) is 0.300. The van der Waals surface area contributed by atoms with Crippen molar-refractivity contribution in [3.63, 3.8) is 0 Å². The van der Waals surface area contributed by atoms with Gasteiger partial charge in [0, 0.05) is 5.56 Å². The lowest BCUT2D eigenvalue weighted by atomic mass is 9.99. The lowest BCUT2D eigenvalue weighted by Crippen LogP contribution is -2.10. The quantitative estimate of drug-likeness (QED) is 0.825. The summed E-state index contributed by atoms with van der Waals surface area (Å²) in [5, 5.41) is 8.94. The maximum absolute atomic E-state index is 13.3. The van der Waals surface area contributed by atoms with E-state index in [0.717, 1.165) is 0 Å². The minimum absolute atomic E-state index is 0.0548. The van der Waals surface area contributed by atoms with Crippen LogP contribution in [0.2, 0.25) is 5.02 Å². The summed E-state index contributed by atoms with van der Waals surface area (Å²) in [5.41, 5.74) is 0.732. The lowest BCUT2D eigenvalue weighted by Gasteiger charge is -2.11. The maximum atomic E-state index is 13.3. The van der Waals surface area contributed by atoms with E-state index in [1.54, 1.807) is 6.92 Å². The number of hydrogen-bond donors (Lipinski definition) is 1. The summed E-state index contributed by atoms with van der Waals surface area (Å²) in [6, 6.07) is 2.76. The van der Waals surface area contributed by atoms with Crippen LogP contribution in [-0.4, -0.2) is 11.1 Å². The molecule has 1 atom stereocenters.